The van der Waals surface area contributed by atoms with E-state index in [1.54, 1.807) is 4.90 Å². The van der Waals surface area contributed by atoms with Crippen molar-refractivity contribution in [2.75, 3.05) is 13.1 Å². The second-order valence-corrected chi connectivity index (χ2v) is 10.6. The molecule has 9 nitrogen and oxygen atoms in total. The van der Waals surface area contributed by atoms with E-state index in [0.29, 0.717) is 25.4 Å². The van der Waals surface area contributed by atoms with Crippen molar-refractivity contribution in [2.24, 2.45) is 0 Å². The molecule has 1 N–H and O–H groups in total. The maximum Gasteiger partial charge on any atom is 0.410 e. The number of carbonyl (C=O) groups excluding carboxylic acids is 2. The van der Waals surface area contributed by atoms with Crippen molar-refractivity contribution in [1.29, 1.82) is 0 Å². The highest BCUT2D eigenvalue weighted by Gasteiger charge is 2.36. The summed E-state index contributed by atoms with van der Waals surface area (Å²) >= 11 is 0. The van der Waals surface area contributed by atoms with Gasteiger partial charge >= 0.3 is 12.2 Å². The molecule has 0 unspecified atom stereocenters. The number of ether oxygens (including phenoxy) is 2. The van der Waals surface area contributed by atoms with Gasteiger partial charge in [-0.05, 0) is 45.6 Å². The summed E-state index contributed by atoms with van der Waals surface area (Å²) in [6.07, 6.45) is 7.65. The molecule has 4 rings (SSSR count). The fourth-order valence-corrected chi connectivity index (χ4v) is 4.84. The van der Waals surface area contributed by atoms with Crippen molar-refractivity contribution in [3.05, 3.63) is 47.8 Å². The first kappa shape index (κ1) is 25.0. The molecule has 2 amide bonds. The molecule has 190 valence electrons. The van der Waals surface area contributed by atoms with Crippen LogP contribution in [0, 0.1) is 0 Å². The van der Waals surface area contributed by atoms with Crippen LogP contribution in [-0.4, -0.2) is 56.8 Å². The Labute approximate surface area is 207 Å². The summed E-state index contributed by atoms with van der Waals surface area (Å²) in [5.41, 5.74) is 1.33. The number of hydrogen-bond acceptors (Lipinski definition) is 6. The third-order valence-corrected chi connectivity index (χ3v) is 6.64. The molecule has 2 heterocycles. The molecule has 1 saturated carbocycles. The van der Waals surface area contributed by atoms with E-state index in [-0.39, 0.29) is 24.8 Å². The zero-order valence-corrected chi connectivity index (χ0v) is 21.0. The van der Waals surface area contributed by atoms with Gasteiger partial charge in [0.05, 0.1) is 17.8 Å². The zero-order chi connectivity index (χ0) is 24.8. The van der Waals surface area contributed by atoms with E-state index in [1.807, 2.05) is 62.0 Å². The van der Waals surface area contributed by atoms with Gasteiger partial charge in [-0.25, -0.2) is 14.3 Å². The van der Waals surface area contributed by atoms with Gasteiger partial charge in [0.15, 0.2) is 0 Å². The van der Waals surface area contributed by atoms with Gasteiger partial charge in [-0.3, -0.25) is 0 Å². The molecule has 1 aliphatic carbocycles. The molecule has 2 aromatic rings. The molecule has 1 saturated heterocycles. The molecule has 9 heteroatoms. The predicted octanol–water partition coefficient (Wildman–Crippen LogP) is 4.80. The normalized spacial score (nSPS) is 21.4. The van der Waals surface area contributed by atoms with Crippen LogP contribution in [0.5, 0.6) is 0 Å². The van der Waals surface area contributed by atoms with Crippen molar-refractivity contribution in [1.82, 2.24) is 25.2 Å². The Hall–Kier alpha value is -3.10. The smallest absolute Gasteiger partial charge is 0.410 e. The van der Waals surface area contributed by atoms with E-state index in [1.165, 1.54) is 19.3 Å². The standard InChI is InChI=1S/C26H37N5O4/c1-26(2,3)35-24(32)27-21-14-15-30(25(33)34-18-19-10-6-4-7-11-19)17-23(21)31-16-22(28-29-31)20-12-8-5-9-13-20/h4,6-7,10-11,16,20-21,23H,5,8-9,12-15,17-18H2,1-3H3,(H,27,32)/t21-,23-/m1/s1. The van der Waals surface area contributed by atoms with Crippen molar-refractivity contribution >= 4 is 12.2 Å². The molecule has 2 atom stereocenters. The summed E-state index contributed by atoms with van der Waals surface area (Å²) in [5.74, 6) is 0.422. The van der Waals surface area contributed by atoms with Crippen molar-refractivity contribution < 1.29 is 19.1 Å². The molecular formula is C26H37N5O4. The van der Waals surface area contributed by atoms with Gasteiger partial charge in [0.25, 0.3) is 0 Å². The maximum absolute atomic E-state index is 12.9. The summed E-state index contributed by atoms with van der Waals surface area (Å²) < 4.78 is 12.9. The van der Waals surface area contributed by atoms with E-state index in [2.05, 4.69) is 15.6 Å². The Morgan fingerprint density at radius 2 is 1.83 bits per heavy atom. The number of aromatic nitrogens is 3. The van der Waals surface area contributed by atoms with Crippen molar-refractivity contribution in [3.8, 4) is 0 Å². The van der Waals surface area contributed by atoms with Crippen molar-refractivity contribution in [2.45, 2.75) is 89.5 Å². The molecular weight excluding hydrogens is 446 g/mol. The molecule has 2 aliphatic rings. The largest absolute Gasteiger partial charge is 0.445 e. The Morgan fingerprint density at radius 1 is 1.09 bits per heavy atom. The van der Waals surface area contributed by atoms with Crippen LogP contribution in [0.25, 0.3) is 0 Å². The molecule has 0 spiro atoms. The number of nitrogens with one attached hydrogen (secondary N) is 1. The van der Waals surface area contributed by atoms with E-state index < -0.39 is 11.7 Å². The number of piperidine rings is 1. The average molecular weight is 484 g/mol. The molecule has 1 aromatic carbocycles. The van der Waals surface area contributed by atoms with Gasteiger partial charge in [0.1, 0.15) is 12.2 Å². The predicted molar refractivity (Wildman–Crippen MR) is 131 cm³/mol. The lowest BCUT2D eigenvalue weighted by Crippen LogP contribution is -2.53. The van der Waals surface area contributed by atoms with Gasteiger partial charge in [0, 0.05) is 25.2 Å². The number of nitrogens with zero attached hydrogens (tertiary/aromatic N) is 4. The van der Waals surface area contributed by atoms with Gasteiger partial charge in [0.2, 0.25) is 0 Å². The molecule has 1 aromatic heterocycles. The fraction of sp³-hybridized carbons (Fsp3) is 0.615. The number of rotatable bonds is 5. The van der Waals surface area contributed by atoms with Crippen LogP contribution in [0.1, 0.15) is 82.5 Å². The summed E-state index contributed by atoms with van der Waals surface area (Å²) in [4.78, 5) is 27.1. The quantitative estimate of drug-likeness (QED) is 0.656. The number of likely N-dealkylation sites (tertiary alicyclic amines) is 1. The van der Waals surface area contributed by atoms with Crippen LogP contribution in [0.3, 0.4) is 0 Å². The monoisotopic (exact) mass is 483 g/mol. The van der Waals surface area contributed by atoms with Gasteiger partial charge in [-0.15, -0.1) is 5.10 Å². The first-order valence-corrected chi connectivity index (χ1v) is 12.7. The second kappa shape index (κ2) is 11.1. The zero-order valence-electron chi connectivity index (χ0n) is 21.0. The minimum Gasteiger partial charge on any atom is -0.445 e. The number of alkyl carbamates (subject to hydrolysis) is 1. The SMILES string of the molecule is CC(C)(C)OC(=O)N[C@@H]1CCN(C(=O)OCc2ccccc2)C[C@H]1n1cc(C2CCCCC2)nn1. The van der Waals surface area contributed by atoms with Gasteiger partial charge in [-0.1, -0.05) is 54.8 Å². The van der Waals surface area contributed by atoms with Crippen LogP contribution in [0.15, 0.2) is 36.5 Å². The first-order chi connectivity index (χ1) is 16.8. The van der Waals surface area contributed by atoms with Crippen LogP contribution in [0.4, 0.5) is 9.59 Å². The lowest BCUT2D eigenvalue weighted by molar-refractivity contribution is 0.0411. The highest BCUT2D eigenvalue weighted by atomic mass is 16.6. The summed E-state index contributed by atoms with van der Waals surface area (Å²) in [5, 5.41) is 11.9. The summed E-state index contributed by atoms with van der Waals surface area (Å²) in [6, 6.07) is 9.10. The lowest BCUT2D eigenvalue weighted by atomic mass is 9.87. The number of amides is 2. The molecule has 1 aliphatic heterocycles. The van der Waals surface area contributed by atoms with Crippen molar-refractivity contribution in [3.63, 3.8) is 0 Å². The topological polar surface area (TPSA) is 98.6 Å². The van der Waals surface area contributed by atoms with Crippen LogP contribution >= 0.6 is 0 Å². The minimum absolute atomic E-state index is 0.218. The Balaban J connectivity index is 1.46. The van der Waals surface area contributed by atoms with E-state index in [0.717, 1.165) is 24.1 Å². The molecule has 35 heavy (non-hydrogen) atoms. The highest BCUT2D eigenvalue weighted by Crippen LogP contribution is 2.32. The Bertz CT molecular complexity index is 981. The number of carbonyl (C=O) groups is 2. The minimum atomic E-state index is -0.594. The summed E-state index contributed by atoms with van der Waals surface area (Å²) in [6.45, 7) is 6.56. The first-order valence-electron chi connectivity index (χ1n) is 12.7. The third kappa shape index (κ3) is 6.96. The lowest BCUT2D eigenvalue weighted by Gasteiger charge is -2.38. The van der Waals surface area contributed by atoms with Gasteiger partial charge in [-0.2, -0.15) is 0 Å². The third-order valence-electron chi connectivity index (χ3n) is 6.64. The second-order valence-electron chi connectivity index (χ2n) is 10.6. The number of benzene rings is 1. The summed E-state index contributed by atoms with van der Waals surface area (Å²) in [7, 11) is 0. The molecule has 0 bridgehead atoms. The van der Waals surface area contributed by atoms with E-state index >= 15 is 0 Å². The Kier molecular flexibility index (Phi) is 7.93. The highest BCUT2D eigenvalue weighted by molar-refractivity contribution is 5.69. The maximum atomic E-state index is 12.9. The molecule has 2 fully saturated rings. The Morgan fingerprint density at radius 3 is 2.54 bits per heavy atom. The molecule has 0 radical (unpaired) electrons. The van der Waals surface area contributed by atoms with Crippen LogP contribution in [0.2, 0.25) is 0 Å². The average Bonchev–Trinajstić information content (AvgIpc) is 3.33. The van der Waals surface area contributed by atoms with E-state index in [4.69, 9.17) is 9.47 Å². The van der Waals surface area contributed by atoms with Crippen LogP contribution < -0.4 is 5.32 Å². The van der Waals surface area contributed by atoms with Gasteiger partial charge < -0.3 is 19.7 Å². The van der Waals surface area contributed by atoms with Crippen LogP contribution in [-0.2, 0) is 16.1 Å². The number of hydrogen-bond donors (Lipinski definition) is 1. The fourth-order valence-electron chi connectivity index (χ4n) is 4.84. The van der Waals surface area contributed by atoms with E-state index in [9.17, 15) is 9.59 Å².